The fraction of sp³-hybridized carbons (Fsp3) is 0.692. The minimum Gasteiger partial charge on any atom is -0.340 e. The fourth-order valence-corrected chi connectivity index (χ4v) is 3.40. The van der Waals surface area contributed by atoms with E-state index in [4.69, 9.17) is 5.73 Å². The van der Waals surface area contributed by atoms with Crippen LogP contribution in [0.4, 0.5) is 0 Å². The summed E-state index contributed by atoms with van der Waals surface area (Å²) in [6.07, 6.45) is 5.81. The summed E-state index contributed by atoms with van der Waals surface area (Å²) >= 11 is 1.65. The molecule has 20 heavy (non-hydrogen) atoms. The summed E-state index contributed by atoms with van der Waals surface area (Å²) < 4.78 is 0. The number of amides is 1. The third kappa shape index (κ3) is 5.20. The summed E-state index contributed by atoms with van der Waals surface area (Å²) in [5.74, 6) is 0.351. The van der Waals surface area contributed by atoms with E-state index in [2.05, 4.69) is 4.98 Å². The van der Waals surface area contributed by atoms with Crippen LogP contribution >= 0.6 is 36.2 Å². The van der Waals surface area contributed by atoms with E-state index >= 15 is 0 Å². The van der Waals surface area contributed by atoms with Crippen LogP contribution in [0, 0.1) is 12.8 Å². The number of hydrogen-bond donors (Lipinski definition) is 1. The first kappa shape index (κ1) is 19.6. The number of nitrogens with two attached hydrogens (primary N) is 1. The standard InChI is InChI=1S/C13H21N3OS.2ClH/c1-9-15-7-12(18-9)8-16(2)13(17)10-4-3-5-11(14)6-10;;/h7,10-11H,3-6,8,14H2,1-2H3;2*1H. The molecule has 1 aromatic rings. The predicted octanol–water partition coefficient (Wildman–Crippen LogP) is 2.77. The van der Waals surface area contributed by atoms with E-state index in [-0.39, 0.29) is 42.7 Å². The van der Waals surface area contributed by atoms with Gasteiger partial charge in [0.05, 0.1) is 11.6 Å². The number of hydrogen-bond acceptors (Lipinski definition) is 4. The molecule has 1 aromatic heterocycles. The van der Waals surface area contributed by atoms with Crippen LogP contribution in [-0.2, 0) is 11.3 Å². The Morgan fingerprint density at radius 2 is 2.20 bits per heavy atom. The zero-order valence-electron chi connectivity index (χ0n) is 11.9. The Labute approximate surface area is 137 Å². The molecule has 2 unspecified atom stereocenters. The normalized spacial score (nSPS) is 21.6. The van der Waals surface area contributed by atoms with Crippen molar-refractivity contribution in [2.45, 2.75) is 45.2 Å². The molecule has 0 radical (unpaired) electrons. The predicted molar refractivity (Wildman–Crippen MR) is 87.8 cm³/mol. The largest absolute Gasteiger partial charge is 0.340 e. The molecule has 2 atom stereocenters. The quantitative estimate of drug-likeness (QED) is 0.920. The van der Waals surface area contributed by atoms with Gasteiger partial charge in [0.25, 0.3) is 0 Å². The zero-order chi connectivity index (χ0) is 13.1. The first-order valence-corrected chi connectivity index (χ1v) is 7.29. The van der Waals surface area contributed by atoms with Crippen molar-refractivity contribution in [3.63, 3.8) is 0 Å². The van der Waals surface area contributed by atoms with Crippen molar-refractivity contribution in [3.05, 3.63) is 16.1 Å². The van der Waals surface area contributed by atoms with E-state index < -0.39 is 0 Å². The van der Waals surface area contributed by atoms with Crippen LogP contribution in [0.3, 0.4) is 0 Å². The molecule has 2 rings (SSSR count). The highest BCUT2D eigenvalue weighted by atomic mass is 35.5. The van der Waals surface area contributed by atoms with Gasteiger partial charge in [0.15, 0.2) is 0 Å². The lowest BCUT2D eigenvalue weighted by molar-refractivity contribution is -0.135. The fourth-order valence-electron chi connectivity index (χ4n) is 2.55. The summed E-state index contributed by atoms with van der Waals surface area (Å²) in [4.78, 5) is 19.5. The lowest BCUT2D eigenvalue weighted by Gasteiger charge is -2.29. The van der Waals surface area contributed by atoms with Crippen molar-refractivity contribution in [2.24, 2.45) is 11.7 Å². The highest BCUT2D eigenvalue weighted by Gasteiger charge is 2.27. The second-order valence-electron chi connectivity index (χ2n) is 5.16. The van der Waals surface area contributed by atoms with Crippen LogP contribution in [0.2, 0.25) is 0 Å². The molecule has 0 aromatic carbocycles. The maximum atomic E-state index is 12.3. The van der Waals surface area contributed by atoms with Crippen LogP contribution in [-0.4, -0.2) is 28.9 Å². The molecule has 4 nitrogen and oxygen atoms in total. The maximum absolute atomic E-state index is 12.3. The van der Waals surface area contributed by atoms with Crippen molar-refractivity contribution in [1.82, 2.24) is 9.88 Å². The molecule has 1 aliphatic carbocycles. The van der Waals surface area contributed by atoms with E-state index in [0.29, 0.717) is 6.54 Å². The number of carbonyl (C=O) groups is 1. The lowest BCUT2D eigenvalue weighted by atomic mass is 9.85. The number of thiazole rings is 1. The molecule has 116 valence electrons. The van der Waals surface area contributed by atoms with Gasteiger partial charge in [-0.2, -0.15) is 0 Å². The van der Waals surface area contributed by atoms with Crippen LogP contribution in [0.25, 0.3) is 0 Å². The number of aromatic nitrogens is 1. The van der Waals surface area contributed by atoms with Gasteiger partial charge in [-0.1, -0.05) is 6.42 Å². The van der Waals surface area contributed by atoms with E-state index in [1.54, 1.807) is 11.3 Å². The SMILES string of the molecule is Cc1ncc(CN(C)C(=O)C2CCCC(N)C2)s1.Cl.Cl. The summed E-state index contributed by atoms with van der Waals surface area (Å²) in [5, 5.41) is 1.05. The highest BCUT2D eigenvalue weighted by molar-refractivity contribution is 7.11. The molecular weight excluding hydrogens is 317 g/mol. The Kier molecular flexibility index (Phi) is 8.66. The van der Waals surface area contributed by atoms with Gasteiger partial charge in [-0.15, -0.1) is 36.2 Å². The molecule has 1 amide bonds. The van der Waals surface area contributed by atoms with Crippen molar-refractivity contribution < 1.29 is 4.79 Å². The van der Waals surface area contributed by atoms with Crippen molar-refractivity contribution in [2.75, 3.05) is 7.05 Å². The molecule has 7 heteroatoms. The van der Waals surface area contributed by atoms with Crippen molar-refractivity contribution >= 4 is 42.1 Å². The average molecular weight is 340 g/mol. The number of rotatable bonds is 3. The third-order valence-corrected chi connectivity index (χ3v) is 4.40. The first-order valence-electron chi connectivity index (χ1n) is 6.48. The smallest absolute Gasteiger partial charge is 0.225 e. The summed E-state index contributed by atoms with van der Waals surface area (Å²) in [7, 11) is 1.87. The van der Waals surface area contributed by atoms with Crippen LogP contribution in [0.5, 0.6) is 0 Å². The Balaban J connectivity index is 0.00000180. The van der Waals surface area contributed by atoms with Gasteiger partial charge in [0.2, 0.25) is 5.91 Å². The molecule has 1 aliphatic rings. The molecule has 1 heterocycles. The average Bonchev–Trinajstić information content (AvgIpc) is 2.73. The second kappa shape index (κ2) is 8.82. The Bertz CT molecular complexity index is 428. The summed E-state index contributed by atoms with van der Waals surface area (Å²) in [5.41, 5.74) is 5.94. The monoisotopic (exact) mass is 339 g/mol. The number of carbonyl (C=O) groups excluding carboxylic acids is 1. The molecule has 0 spiro atoms. The van der Waals surface area contributed by atoms with Crippen molar-refractivity contribution in [3.8, 4) is 0 Å². The maximum Gasteiger partial charge on any atom is 0.225 e. The second-order valence-corrected chi connectivity index (χ2v) is 6.48. The topological polar surface area (TPSA) is 59.2 Å². The van der Waals surface area contributed by atoms with Gasteiger partial charge in [0.1, 0.15) is 0 Å². The van der Waals surface area contributed by atoms with Gasteiger partial charge < -0.3 is 10.6 Å². The number of nitrogens with zero attached hydrogens (tertiary/aromatic N) is 2. The zero-order valence-corrected chi connectivity index (χ0v) is 14.3. The van der Waals surface area contributed by atoms with E-state index in [1.165, 1.54) is 0 Å². The molecule has 0 saturated heterocycles. The molecule has 1 saturated carbocycles. The van der Waals surface area contributed by atoms with E-state index in [9.17, 15) is 4.79 Å². The van der Waals surface area contributed by atoms with Gasteiger partial charge in [0, 0.05) is 30.1 Å². The minimum absolute atomic E-state index is 0. The lowest BCUT2D eigenvalue weighted by Crippen LogP contribution is -2.38. The van der Waals surface area contributed by atoms with Gasteiger partial charge >= 0.3 is 0 Å². The molecule has 0 bridgehead atoms. The van der Waals surface area contributed by atoms with Gasteiger partial charge in [-0.05, 0) is 26.2 Å². The molecule has 0 aliphatic heterocycles. The Morgan fingerprint density at radius 1 is 1.50 bits per heavy atom. The number of aryl methyl sites for hydroxylation is 1. The molecule has 1 fully saturated rings. The Hall–Kier alpha value is -0.360. The summed E-state index contributed by atoms with van der Waals surface area (Å²) in [6, 6.07) is 0.201. The third-order valence-electron chi connectivity index (χ3n) is 3.50. The number of halogens is 2. The minimum atomic E-state index is 0. The summed E-state index contributed by atoms with van der Waals surface area (Å²) in [6.45, 7) is 2.65. The highest BCUT2D eigenvalue weighted by Crippen LogP contribution is 2.25. The van der Waals surface area contributed by atoms with Gasteiger partial charge in [-0.3, -0.25) is 4.79 Å². The van der Waals surface area contributed by atoms with Crippen molar-refractivity contribution in [1.29, 1.82) is 0 Å². The van der Waals surface area contributed by atoms with Gasteiger partial charge in [-0.25, -0.2) is 4.98 Å². The molecular formula is C13H23Cl2N3OS. The van der Waals surface area contributed by atoms with Crippen LogP contribution in [0.15, 0.2) is 6.20 Å². The first-order chi connectivity index (χ1) is 8.56. The van der Waals surface area contributed by atoms with Crippen LogP contribution < -0.4 is 5.73 Å². The molecule has 2 N–H and O–H groups in total. The van der Waals surface area contributed by atoms with E-state index in [1.807, 2.05) is 25.1 Å². The van der Waals surface area contributed by atoms with E-state index in [0.717, 1.165) is 35.6 Å². The Morgan fingerprint density at radius 3 is 2.75 bits per heavy atom. The van der Waals surface area contributed by atoms with Crippen LogP contribution in [0.1, 0.15) is 35.6 Å².